The summed E-state index contributed by atoms with van der Waals surface area (Å²) < 4.78 is 2.26. The van der Waals surface area contributed by atoms with Crippen molar-refractivity contribution in [2.24, 2.45) is 0 Å². The van der Waals surface area contributed by atoms with Crippen LogP contribution in [-0.2, 0) is 19.2 Å². The number of unbranched alkanes of at least 4 members (excludes halogenated alkanes) is 5. The van der Waals surface area contributed by atoms with Crippen molar-refractivity contribution in [1.29, 1.82) is 5.26 Å². The number of aryl methyl sites for hydroxylation is 1. The average molecular weight is 250 g/mol. The van der Waals surface area contributed by atoms with Crippen LogP contribution < -0.4 is 4.57 Å². The van der Waals surface area contributed by atoms with Crippen LogP contribution in [0.1, 0.15) is 45.4 Å². The average Bonchev–Trinajstić information content (AvgIpc) is 2.36. The summed E-state index contributed by atoms with van der Waals surface area (Å²) in [4.78, 5) is 0. The van der Waals surface area contributed by atoms with Crippen molar-refractivity contribution in [3.63, 3.8) is 0 Å². The topological polar surface area (TPSA) is 27.7 Å². The van der Waals surface area contributed by atoms with Gasteiger partial charge >= 0.3 is 0 Å². The third kappa shape index (κ3) is 11.1. The second kappa shape index (κ2) is 12.9. The summed E-state index contributed by atoms with van der Waals surface area (Å²) in [6.45, 7) is 3.44. The SMILES string of the molecule is CCCCCCCC[n+]1ccccc1.N#C[S-]. The Morgan fingerprint density at radius 1 is 1.00 bits per heavy atom. The molecule has 0 aromatic carbocycles. The first-order chi connectivity index (χ1) is 8.35. The van der Waals surface area contributed by atoms with Crippen molar-refractivity contribution in [1.82, 2.24) is 0 Å². The number of pyridine rings is 1. The van der Waals surface area contributed by atoms with Crippen LogP contribution in [0.25, 0.3) is 0 Å². The molecule has 0 atom stereocenters. The van der Waals surface area contributed by atoms with E-state index >= 15 is 0 Å². The van der Waals surface area contributed by atoms with Crippen LogP contribution in [-0.4, -0.2) is 0 Å². The molecule has 0 aliphatic rings. The maximum Gasteiger partial charge on any atom is 0.168 e. The minimum Gasteiger partial charge on any atom is -0.696 e. The van der Waals surface area contributed by atoms with Gasteiger partial charge in [-0.15, -0.1) is 0 Å². The highest BCUT2D eigenvalue weighted by Crippen LogP contribution is 2.04. The molecule has 94 valence electrons. The zero-order chi connectivity index (χ0) is 12.8. The number of hydrogen-bond acceptors (Lipinski definition) is 2. The molecular weight excluding hydrogens is 228 g/mol. The Kier molecular flexibility index (Phi) is 12.1. The predicted molar refractivity (Wildman–Crippen MR) is 73.0 cm³/mol. The molecule has 0 aliphatic heterocycles. The van der Waals surface area contributed by atoms with E-state index in [1.54, 1.807) is 0 Å². The number of aromatic nitrogens is 1. The van der Waals surface area contributed by atoms with Crippen LogP contribution in [0.4, 0.5) is 0 Å². The van der Waals surface area contributed by atoms with Crippen molar-refractivity contribution in [3.05, 3.63) is 30.6 Å². The molecule has 0 bridgehead atoms. The van der Waals surface area contributed by atoms with Crippen molar-refractivity contribution < 1.29 is 4.57 Å². The number of thiocyanates is 1. The lowest BCUT2D eigenvalue weighted by atomic mass is 10.1. The summed E-state index contributed by atoms with van der Waals surface area (Å²) >= 11 is 3.70. The summed E-state index contributed by atoms with van der Waals surface area (Å²) in [6.07, 6.45) is 12.5. The van der Waals surface area contributed by atoms with Gasteiger partial charge in [-0.25, -0.2) is 9.83 Å². The Morgan fingerprint density at radius 3 is 2.12 bits per heavy atom. The van der Waals surface area contributed by atoms with E-state index in [4.69, 9.17) is 5.26 Å². The Balaban J connectivity index is 0.000000770. The summed E-state index contributed by atoms with van der Waals surface area (Å²) in [6, 6.07) is 6.26. The van der Waals surface area contributed by atoms with Crippen LogP contribution >= 0.6 is 0 Å². The van der Waals surface area contributed by atoms with Crippen LogP contribution in [0.2, 0.25) is 0 Å². The van der Waals surface area contributed by atoms with Gasteiger partial charge in [0.05, 0.1) is 0 Å². The third-order valence-electron chi connectivity index (χ3n) is 2.55. The van der Waals surface area contributed by atoms with E-state index in [1.165, 1.54) is 50.5 Å². The van der Waals surface area contributed by atoms with Gasteiger partial charge in [0.2, 0.25) is 0 Å². The fourth-order valence-corrected chi connectivity index (χ4v) is 1.66. The minimum absolute atomic E-state index is 1.17. The smallest absolute Gasteiger partial charge is 0.168 e. The molecule has 0 amide bonds. The minimum atomic E-state index is 1.17. The van der Waals surface area contributed by atoms with E-state index < -0.39 is 0 Å². The summed E-state index contributed by atoms with van der Waals surface area (Å²) in [5.74, 6) is 0. The van der Waals surface area contributed by atoms with E-state index in [1.807, 2.05) is 0 Å². The second-order valence-electron chi connectivity index (χ2n) is 3.97. The number of nitrogens with zero attached hydrogens (tertiary/aromatic N) is 2. The Morgan fingerprint density at radius 2 is 1.53 bits per heavy atom. The lowest BCUT2D eigenvalue weighted by Crippen LogP contribution is -2.32. The Labute approximate surface area is 111 Å². The molecule has 0 radical (unpaired) electrons. The molecule has 0 aliphatic carbocycles. The maximum absolute atomic E-state index is 7.13. The lowest BCUT2D eigenvalue weighted by Gasteiger charge is -1.98. The normalized spacial score (nSPS) is 8.94. The highest BCUT2D eigenvalue weighted by molar-refractivity contribution is 7.64. The molecule has 0 unspecified atom stereocenters. The molecule has 0 N–H and O–H groups in total. The van der Waals surface area contributed by atoms with E-state index in [0.717, 1.165) is 0 Å². The van der Waals surface area contributed by atoms with Crippen LogP contribution in [0, 0.1) is 10.7 Å². The molecule has 1 heterocycles. The first-order valence-electron chi connectivity index (χ1n) is 6.30. The zero-order valence-electron chi connectivity index (χ0n) is 10.6. The second-order valence-corrected chi connectivity index (χ2v) is 4.15. The molecule has 1 aromatic rings. The van der Waals surface area contributed by atoms with E-state index in [2.05, 4.69) is 54.7 Å². The molecule has 0 saturated heterocycles. The molecule has 1 aromatic heterocycles. The highest BCUT2D eigenvalue weighted by atomic mass is 32.1. The summed E-state index contributed by atoms with van der Waals surface area (Å²) in [7, 11) is 0. The van der Waals surface area contributed by atoms with Crippen LogP contribution in [0.15, 0.2) is 30.6 Å². The van der Waals surface area contributed by atoms with Crippen molar-refractivity contribution in [2.45, 2.75) is 52.0 Å². The van der Waals surface area contributed by atoms with Crippen molar-refractivity contribution in [3.8, 4) is 5.40 Å². The fraction of sp³-hybridized carbons (Fsp3) is 0.571. The Bertz CT molecular complexity index is 293. The quantitative estimate of drug-likeness (QED) is 0.321. The molecule has 2 nitrogen and oxygen atoms in total. The van der Waals surface area contributed by atoms with Crippen LogP contribution in [0.3, 0.4) is 0 Å². The highest BCUT2D eigenvalue weighted by Gasteiger charge is 1.96. The number of hydrogen-bond donors (Lipinski definition) is 0. The van der Waals surface area contributed by atoms with Crippen LogP contribution in [0.5, 0.6) is 0 Å². The maximum atomic E-state index is 7.13. The first kappa shape index (κ1) is 15.9. The van der Waals surface area contributed by atoms with E-state index in [-0.39, 0.29) is 0 Å². The number of nitriles is 1. The van der Waals surface area contributed by atoms with E-state index in [9.17, 15) is 0 Å². The molecule has 0 saturated carbocycles. The predicted octanol–water partition coefficient (Wildman–Crippen LogP) is 3.35. The monoisotopic (exact) mass is 250 g/mol. The van der Waals surface area contributed by atoms with Gasteiger partial charge in [0.1, 0.15) is 6.54 Å². The van der Waals surface area contributed by atoms with Gasteiger partial charge in [-0.2, -0.15) is 0 Å². The van der Waals surface area contributed by atoms with Gasteiger partial charge in [0.25, 0.3) is 0 Å². The summed E-state index contributed by atoms with van der Waals surface area (Å²) in [5.41, 5.74) is 0. The third-order valence-corrected chi connectivity index (χ3v) is 2.55. The fourth-order valence-electron chi connectivity index (χ4n) is 1.66. The first-order valence-corrected chi connectivity index (χ1v) is 6.71. The molecule has 3 heteroatoms. The van der Waals surface area contributed by atoms with Gasteiger partial charge < -0.3 is 12.6 Å². The molecule has 1 rings (SSSR count). The van der Waals surface area contributed by atoms with Gasteiger partial charge in [0, 0.05) is 18.6 Å². The summed E-state index contributed by atoms with van der Waals surface area (Å²) in [5, 5.41) is 8.47. The van der Waals surface area contributed by atoms with Crippen molar-refractivity contribution >= 4 is 12.6 Å². The molecule has 0 spiro atoms. The zero-order valence-corrected chi connectivity index (χ0v) is 11.5. The largest absolute Gasteiger partial charge is 0.696 e. The standard InChI is InChI=1S/C13H22N.CHNS/c1-2-3-4-5-6-8-11-14-12-9-7-10-13-14;2-1-3/h7,9-10,12-13H,2-6,8,11H2,1H3;3H/q+1;/p-1. The molecular formula is C14H22N2S. The van der Waals surface area contributed by atoms with Crippen molar-refractivity contribution in [2.75, 3.05) is 0 Å². The van der Waals surface area contributed by atoms with Gasteiger partial charge in [0.15, 0.2) is 12.4 Å². The molecule has 17 heavy (non-hydrogen) atoms. The number of rotatable bonds is 7. The van der Waals surface area contributed by atoms with Gasteiger partial charge in [-0.3, -0.25) is 0 Å². The molecule has 0 fully saturated rings. The van der Waals surface area contributed by atoms with Gasteiger partial charge in [-0.1, -0.05) is 44.1 Å². The van der Waals surface area contributed by atoms with E-state index in [0.29, 0.717) is 0 Å². The Hall–Kier alpha value is -1.14. The van der Waals surface area contributed by atoms with Gasteiger partial charge in [-0.05, 0) is 6.42 Å². The lowest BCUT2D eigenvalue weighted by molar-refractivity contribution is -0.697.